The fourth-order valence-corrected chi connectivity index (χ4v) is 0. The van der Waals surface area contributed by atoms with Crippen molar-refractivity contribution in [1.29, 1.82) is 0 Å². The molecular formula is C2H5KO3. The SMILES string of the molecule is COC(=O)O.[KH]. The topological polar surface area (TPSA) is 46.5 Å². The summed E-state index contributed by atoms with van der Waals surface area (Å²) in [6.07, 6.45) is -1.25. The quantitative estimate of drug-likeness (QED) is 0.348. The second-order valence-electron chi connectivity index (χ2n) is 0.470. The molecule has 32 valence electrons. The molecular weight excluding hydrogens is 111 g/mol. The summed E-state index contributed by atoms with van der Waals surface area (Å²) < 4.78 is 3.67. The third-order valence-electron chi connectivity index (χ3n) is 0.175. The molecule has 0 saturated heterocycles. The van der Waals surface area contributed by atoms with Crippen molar-refractivity contribution in [2.24, 2.45) is 0 Å². The first-order chi connectivity index (χ1) is 2.27. The minimum atomic E-state index is -1.25. The van der Waals surface area contributed by atoms with E-state index in [-0.39, 0.29) is 51.4 Å². The Labute approximate surface area is 78.1 Å². The van der Waals surface area contributed by atoms with E-state index in [1.165, 1.54) is 0 Å². The van der Waals surface area contributed by atoms with Crippen molar-refractivity contribution in [3.63, 3.8) is 0 Å². The fourth-order valence-electron chi connectivity index (χ4n) is 0. The van der Waals surface area contributed by atoms with E-state index >= 15 is 0 Å². The van der Waals surface area contributed by atoms with Gasteiger partial charge in [-0.1, -0.05) is 0 Å². The minimum absolute atomic E-state index is 0. The molecule has 0 bridgehead atoms. The molecule has 0 aliphatic heterocycles. The Balaban J connectivity index is 0. The van der Waals surface area contributed by atoms with Gasteiger partial charge in [0, 0.05) is 0 Å². The van der Waals surface area contributed by atoms with Gasteiger partial charge in [0.05, 0.1) is 7.11 Å². The Morgan fingerprint density at radius 3 is 2.00 bits per heavy atom. The Hall–Kier alpha value is 0.906. The van der Waals surface area contributed by atoms with Crippen LogP contribution < -0.4 is 0 Å². The number of rotatable bonds is 0. The normalized spacial score (nSPS) is 5.50. The molecule has 0 aliphatic rings. The van der Waals surface area contributed by atoms with E-state index in [0.29, 0.717) is 0 Å². The Bertz CT molecular complexity index is 44.1. The van der Waals surface area contributed by atoms with Crippen LogP contribution in [-0.2, 0) is 4.74 Å². The molecule has 0 radical (unpaired) electrons. The predicted octanol–water partition coefficient (Wildman–Crippen LogP) is -0.338. The molecule has 0 rings (SSSR count). The summed E-state index contributed by atoms with van der Waals surface area (Å²) in [5.41, 5.74) is 0. The van der Waals surface area contributed by atoms with Gasteiger partial charge in [0.2, 0.25) is 0 Å². The summed E-state index contributed by atoms with van der Waals surface area (Å²) in [7, 11) is 1.10. The van der Waals surface area contributed by atoms with Gasteiger partial charge in [-0.3, -0.25) is 0 Å². The third kappa shape index (κ3) is 8.86. The predicted molar refractivity (Wildman–Crippen MR) is 22.2 cm³/mol. The molecule has 0 aromatic rings. The molecule has 4 heteroatoms. The first kappa shape index (κ1) is 10.0. The summed E-state index contributed by atoms with van der Waals surface area (Å²) in [6, 6.07) is 0. The first-order valence-electron chi connectivity index (χ1n) is 1.04. The van der Waals surface area contributed by atoms with Gasteiger partial charge in [-0.15, -0.1) is 0 Å². The zero-order valence-corrected chi connectivity index (χ0v) is 2.76. The van der Waals surface area contributed by atoms with Gasteiger partial charge < -0.3 is 9.84 Å². The van der Waals surface area contributed by atoms with Crippen molar-refractivity contribution in [2.45, 2.75) is 0 Å². The Morgan fingerprint density at radius 1 is 1.83 bits per heavy atom. The van der Waals surface area contributed by atoms with E-state index in [0.717, 1.165) is 7.11 Å². The molecule has 0 unspecified atom stereocenters. The average molecular weight is 116 g/mol. The molecule has 0 aromatic heterocycles. The van der Waals surface area contributed by atoms with E-state index in [1.54, 1.807) is 0 Å². The van der Waals surface area contributed by atoms with Crippen LogP contribution in [0.5, 0.6) is 0 Å². The zero-order valence-electron chi connectivity index (χ0n) is 2.76. The summed E-state index contributed by atoms with van der Waals surface area (Å²) in [5.74, 6) is 0. The maximum absolute atomic E-state index is 9.15. The number of carbonyl (C=O) groups is 1. The molecule has 3 nitrogen and oxygen atoms in total. The van der Waals surface area contributed by atoms with Crippen molar-refractivity contribution in [3.8, 4) is 0 Å². The number of carboxylic acid groups (broad SMARTS) is 1. The third-order valence-corrected chi connectivity index (χ3v) is 0.175. The van der Waals surface area contributed by atoms with E-state index < -0.39 is 6.16 Å². The summed E-state index contributed by atoms with van der Waals surface area (Å²) in [4.78, 5) is 9.15. The Kier molecular flexibility index (Phi) is 9.85. The first-order valence-corrected chi connectivity index (χ1v) is 1.04. The van der Waals surface area contributed by atoms with Gasteiger partial charge in [-0.2, -0.15) is 0 Å². The van der Waals surface area contributed by atoms with Crippen LogP contribution in [0.4, 0.5) is 4.79 Å². The van der Waals surface area contributed by atoms with Gasteiger partial charge >= 0.3 is 57.5 Å². The number of hydrogen-bond acceptors (Lipinski definition) is 2. The van der Waals surface area contributed by atoms with Crippen molar-refractivity contribution in [1.82, 2.24) is 0 Å². The van der Waals surface area contributed by atoms with Crippen LogP contribution >= 0.6 is 0 Å². The van der Waals surface area contributed by atoms with Crippen LogP contribution in [0.2, 0.25) is 0 Å². The molecule has 0 aromatic carbocycles. The van der Waals surface area contributed by atoms with Crippen molar-refractivity contribution in [3.05, 3.63) is 0 Å². The molecule has 0 saturated carbocycles. The van der Waals surface area contributed by atoms with E-state index in [4.69, 9.17) is 9.90 Å². The average Bonchev–Trinajstić information content (AvgIpc) is 1.38. The van der Waals surface area contributed by atoms with Gasteiger partial charge in [-0.25, -0.2) is 4.79 Å². The molecule has 0 atom stereocenters. The van der Waals surface area contributed by atoms with E-state index in [1.807, 2.05) is 0 Å². The molecule has 0 spiro atoms. The van der Waals surface area contributed by atoms with Gasteiger partial charge in [0.15, 0.2) is 0 Å². The van der Waals surface area contributed by atoms with Gasteiger partial charge in [0.1, 0.15) is 0 Å². The van der Waals surface area contributed by atoms with Crippen molar-refractivity contribution >= 4 is 57.5 Å². The summed E-state index contributed by atoms with van der Waals surface area (Å²) in [5, 5.41) is 7.50. The monoisotopic (exact) mass is 116 g/mol. The molecule has 0 fully saturated rings. The van der Waals surface area contributed by atoms with Crippen molar-refractivity contribution in [2.75, 3.05) is 7.11 Å². The van der Waals surface area contributed by atoms with Crippen molar-refractivity contribution < 1.29 is 14.6 Å². The number of hydrogen-bond donors (Lipinski definition) is 1. The van der Waals surface area contributed by atoms with Crippen LogP contribution in [0, 0.1) is 0 Å². The molecule has 0 amide bonds. The van der Waals surface area contributed by atoms with Gasteiger partial charge in [0.25, 0.3) is 0 Å². The number of ether oxygens (including phenoxy) is 1. The Morgan fingerprint density at radius 2 is 2.00 bits per heavy atom. The molecule has 0 aliphatic carbocycles. The van der Waals surface area contributed by atoms with Crippen LogP contribution in [0.25, 0.3) is 0 Å². The fraction of sp³-hybridized carbons (Fsp3) is 0.500. The van der Waals surface area contributed by atoms with Gasteiger partial charge in [-0.05, 0) is 0 Å². The van der Waals surface area contributed by atoms with Crippen LogP contribution in [0.15, 0.2) is 0 Å². The summed E-state index contributed by atoms with van der Waals surface area (Å²) >= 11 is 0. The van der Waals surface area contributed by atoms with E-state index in [2.05, 4.69) is 4.74 Å². The second-order valence-corrected chi connectivity index (χ2v) is 0.470. The maximum atomic E-state index is 9.15. The van der Waals surface area contributed by atoms with Crippen LogP contribution in [0.3, 0.4) is 0 Å². The van der Waals surface area contributed by atoms with Crippen LogP contribution in [0.1, 0.15) is 0 Å². The molecule has 6 heavy (non-hydrogen) atoms. The second kappa shape index (κ2) is 5.91. The zero-order chi connectivity index (χ0) is 4.28. The molecule has 0 heterocycles. The van der Waals surface area contributed by atoms with Crippen LogP contribution in [-0.4, -0.2) is 69.8 Å². The molecule has 1 N–H and O–H groups in total. The number of methoxy groups -OCH3 is 1. The summed E-state index contributed by atoms with van der Waals surface area (Å²) in [6.45, 7) is 0. The van der Waals surface area contributed by atoms with E-state index in [9.17, 15) is 0 Å². The standard InChI is InChI=1S/C2H4O3.K.H/c1-5-2(3)4;;/h1H3,(H,3,4);;.